The summed E-state index contributed by atoms with van der Waals surface area (Å²) < 4.78 is 5.95. The Kier molecular flexibility index (Phi) is 7.69. The number of para-hydroxylation sites is 1. The van der Waals surface area contributed by atoms with Gasteiger partial charge < -0.3 is 19.6 Å². The molecule has 2 heterocycles. The molecule has 1 N–H and O–H groups in total. The lowest BCUT2D eigenvalue weighted by Crippen LogP contribution is -2.33. The number of aliphatic hydroxyl groups is 1. The smallest absolute Gasteiger partial charge is 0.290 e. The van der Waals surface area contributed by atoms with Crippen molar-refractivity contribution in [3.63, 3.8) is 0 Å². The summed E-state index contributed by atoms with van der Waals surface area (Å²) in [6.45, 7) is 7.33. The van der Waals surface area contributed by atoms with Gasteiger partial charge in [-0.2, -0.15) is 0 Å². The molecule has 0 fully saturated rings. The zero-order valence-electron chi connectivity index (χ0n) is 19.3. The minimum absolute atomic E-state index is 0.0964. The quantitative estimate of drug-likeness (QED) is 0.542. The third-order valence-corrected chi connectivity index (χ3v) is 6.41. The highest BCUT2D eigenvalue weighted by Crippen LogP contribution is 2.43. The molecule has 32 heavy (non-hydrogen) atoms. The molecule has 0 saturated heterocycles. The van der Waals surface area contributed by atoms with E-state index >= 15 is 0 Å². The molecule has 1 aromatic heterocycles. The van der Waals surface area contributed by atoms with Crippen LogP contribution in [0.1, 0.15) is 51.7 Å². The fourth-order valence-electron chi connectivity index (χ4n) is 3.91. The number of carbonyl (C=O) groups excluding carboxylic acids is 2. The van der Waals surface area contributed by atoms with Crippen molar-refractivity contribution in [1.82, 2.24) is 14.8 Å². The van der Waals surface area contributed by atoms with Crippen LogP contribution in [0.15, 0.2) is 35.6 Å². The Balaban J connectivity index is 2.08. The first kappa shape index (κ1) is 23.9. The number of benzene rings is 1. The van der Waals surface area contributed by atoms with Crippen LogP contribution in [0.2, 0.25) is 0 Å². The van der Waals surface area contributed by atoms with Gasteiger partial charge in [0.15, 0.2) is 5.76 Å². The first-order valence-corrected chi connectivity index (χ1v) is 11.7. The topological polar surface area (TPSA) is 83.0 Å². The number of hydrogen-bond donors (Lipinski definition) is 1. The van der Waals surface area contributed by atoms with Crippen LogP contribution in [-0.4, -0.2) is 65.4 Å². The monoisotopic (exact) mass is 457 g/mol. The van der Waals surface area contributed by atoms with Gasteiger partial charge in [-0.3, -0.25) is 9.59 Å². The molecule has 3 rings (SSSR count). The van der Waals surface area contributed by atoms with E-state index in [1.54, 1.807) is 11.8 Å². The summed E-state index contributed by atoms with van der Waals surface area (Å²) in [5.41, 5.74) is 1.40. The number of rotatable bonds is 10. The number of aryl methyl sites for hydroxylation is 2. The zero-order valence-corrected chi connectivity index (χ0v) is 20.2. The van der Waals surface area contributed by atoms with Gasteiger partial charge in [-0.05, 0) is 53.4 Å². The highest BCUT2D eigenvalue weighted by Gasteiger charge is 2.45. The molecule has 1 unspecified atom stereocenters. The fraction of sp³-hybridized carbons (Fsp3) is 0.458. The van der Waals surface area contributed by atoms with E-state index in [0.717, 1.165) is 18.0 Å². The first-order valence-electron chi connectivity index (χ1n) is 10.9. The van der Waals surface area contributed by atoms with Crippen molar-refractivity contribution in [3.8, 4) is 5.75 Å². The number of ketones is 1. The number of aromatic nitrogens is 1. The Morgan fingerprint density at radius 3 is 2.62 bits per heavy atom. The molecule has 1 aliphatic heterocycles. The second-order valence-electron chi connectivity index (χ2n) is 8.18. The molecule has 7 nitrogen and oxygen atoms in total. The molecule has 172 valence electrons. The Morgan fingerprint density at radius 1 is 1.28 bits per heavy atom. The van der Waals surface area contributed by atoms with Crippen molar-refractivity contribution in [3.05, 3.63) is 56.7 Å². The molecule has 0 spiro atoms. The average molecular weight is 458 g/mol. The van der Waals surface area contributed by atoms with Gasteiger partial charge in [0.25, 0.3) is 5.91 Å². The summed E-state index contributed by atoms with van der Waals surface area (Å²) in [6.07, 6.45) is 1.54. The molecule has 1 aromatic carbocycles. The predicted molar refractivity (Wildman–Crippen MR) is 125 cm³/mol. The molecule has 0 bridgehead atoms. The van der Waals surface area contributed by atoms with Gasteiger partial charge >= 0.3 is 0 Å². The normalized spacial score (nSPS) is 16.4. The number of amides is 1. The maximum absolute atomic E-state index is 13.6. The molecular weight excluding hydrogens is 426 g/mol. The van der Waals surface area contributed by atoms with Crippen molar-refractivity contribution < 1.29 is 19.4 Å². The summed E-state index contributed by atoms with van der Waals surface area (Å²) in [7, 11) is 3.94. The lowest BCUT2D eigenvalue weighted by atomic mass is 9.94. The highest BCUT2D eigenvalue weighted by molar-refractivity contribution is 7.14. The molecule has 0 radical (unpaired) electrons. The molecule has 0 aliphatic carbocycles. The number of nitrogens with zero attached hydrogens (tertiary/aromatic N) is 3. The largest absolute Gasteiger partial charge is 0.503 e. The minimum atomic E-state index is -0.716. The van der Waals surface area contributed by atoms with Crippen LogP contribution in [0.4, 0.5) is 0 Å². The lowest BCUT2D eigenvalue weighted by Gasteiger charge is -2.28. The highest BCUT2D eigenvalue weighted by atomic mass is 32.1. The number of Topliss-reactive ketones (excluding diaryl/α,β-unsaturated/α-hetero) is 1. The lowest BCUT2D eigenvalue weighted by molar-refractivity contribution is -0.129. The molecule has 8 heteroatoms. The molecular formula is C24H31N3O4S. The second-order valence-corrected chi connectivity index (χ2v) is 9.39. The zero-order chi connectivity index (χ0) is 23.4. The van der Waals surface area contributed by atoms with E-state index in [9.17, 15) is 14.7 Å². The van der Waals surface area contributed by atoms with Crippen molar-refractivity contribution >= 4 is 23.0 Å². The Labute approximate surface area is 193 Å². The number of aliphatic hydroxyl groups excluding tert-OH is 1. The van der Waals surface area contributed by atoms with Gasteiger partial charge in [-0.15, -0.1) is 11.3 Å². The summed E-state index contributed by atoms with van der Waals surface area (Å²) in [4.78, 5) is 35.2. The van der Waals surface area contributed by atoms with Crippen LogP contribution in [-0.2, 0) is 4.79 Å². The van der Waals surface area contributed by atoms with Crippen LogP contribution in [0.5, 0.6) is 5.75 Å². The number of ether oxygens (including phenoxy) is 1. The molecule has 1 atom stereocenters. The molecule has 2 aromatic rings. The van der Waals surface area contributed by atoms with Gasteiger partial charge in [0, 0.05) is 12.1 Å². The fourth-order valence-corrected chi connectivity index (χ4v) is 4.79. The predicted octanol–water partition coefficient (Wildman–Crippen LogP) is 4.08. The Morgan fingerprint density at radius 2 is 2.00 bits per heavy atom. The van der Waals surface area contributed by atoms with Gasteiger partial charge in [-0.25, -0.2) is 4.98 Å². The summed E-state index contributed by atoms with van der Waals surface area (Å²) in [6, 6.07) is 6.71. The van der Waals surface area contributed by atoms with E-state index in [4.69, 9.17) is 4.74 Å². The van der Waals surface area contributed by atoms with Gasteiger partial charge in [0.1, 0.15) is 5.75 Å². The van der Waals surface area contributed by atoms with E-state index in [1.807, 2.05) is 57.1 Å². The van der Waals surface area contributed by atoms with Crippen molar-refractivity contribution in [2.45, 2.75) is 39.7 Å². The summed E-state index contributed by atoms with van der Waals surface area (Å²) in [5.74, 6) is -0.756. The van der Waals surface area contributed by atoms with E-state index in [0.29, 0.717) is 41.5 Å². The van der Waals surface area contributed by atoms with E-state index < -0.39 is 17.7 Å². The van der Waals surface area contributed by atoms with Crippen molar-refractivity contribution in [2.24, 2.45) is 0 Å². The van der Waals surface area contributed by atoms with Crippen LogP contribution >= 0.6 is 11.3 Å². The van der Waals surface area contributed by atoms with E-state index in [2.05, 4.69) is 4.98 Å². The van der Waals surface area contributed by atoms with Gasteiger partial charge in [0.2, 0.25) is 5.78 Å². The van der Waals surface area contributed by atoms with Crippen molar-refractivity contribution in [2.75, 3.05) is 33.8 Å². The number of hydrogen-bond acceptors (Lipinski definition) is 7. The Hall–Kier alpha value is -2.71. The van der Waals surface area contributed by atoms with E-state index in [-0.39, 0.29) is 11.4 Å². The summed E-state index contributed by atoms with van der Waals surface area (Å²) >= 11 is 1.28. The molecule has 1 aliphatic rings. The van der Waals surface area contributed by atoms with Crippen molar-refractivity contribution in [1.29, 1.82) is 0 Å². The van der Waals surface area contributed by atoms with Crippen LogP contribution in [0.25, 0.3) is 0 Å². The van der Waals surface area contributed by atoms with Crippen LogP contribution in [0, 0.1) is 13.8 Å². The van der Waals surface area contributed by atoms with Gasteiger partial charge in [0.05, 0.1) is 33.8 Å². The molecule has 1 amide bonds. The van der Waals surface area contributed by atoms with E-state index in [1.165, 1.54) is 11.3 Å². The van der Waals surface area contributed by atoms with Crippen LogP contribution in [0.3, 0.4) is 0 Å². The van der Waals surface area contributed by atoms with Gasteiger partial charge in [-0.1, -0.05) is 25.1 Å². The average Bonchev–Trinajstić information content (AvgIpc) is 3.22. The maximum Gasteiger partial charge on any atom is 0.290 e. The standard InChI is InChI=1S/C24H31N3O4S/c1-6-14-31-18-11-8-7-10-17(18)20-19(21(28)23-15(2)25-16(3)32-23)22(29)24(30)27(20)13-9-12-26(4)5/h7-8,10-11,20,29H,6,9,12-14H2,1-5H3. The van der Waals surface area contributed by atoms with Crippen LogP contribution < -0.4 is 4.74 Å². The maximum atomic E-state index is 13.6. The third-order valence-electron chi connectivity index (χ3n) is 5.34. The SMILES string of the molecule is CCCOc1ccccc1C1C(C(=O)c2sc(C)nc2C)=C(O)C(=O)N1CCCN(C)C. The first-order chi connectivity index (χ1) is 15.3. The summed E-state index contributed by atoms with van der Waals surface area (Å²) in [5, 5.41) is 11.6. The Bertz CT molecular complexity index is 1030. The second kappa shape index (κ2) is 10.3. The third kappa shape index (κ3) is 4.86. The number of thiazole rings is 1. The molecule has 0 saturated carbocycles. The number of carbonyl (C=O) groups is 2. The minimum Gasteiger partial charge on any atom is -0.503 e.